The van der Waals surface area contributed by atoms with Crippen LogP contribution in [0.25, 0.3) is 0 Å². The third kappa shape index (κ3) is 3.35. The number of carbonyl (C=O) groups is 1. The second-order valence-electron chi connectivity index (χ2n) is 2.68. The summed E-state index contributed by atoms with van der Waals surface area (Å²) in [5.74, 6) is 0.796. The van der Waals surface area contributed by atoms with Gasteiger partial charge in [-0.25, -0.2) is 0 Å². The number of hydrogen-bond acceptors (Lipinski definition) is 3. The summed E-state index contributed by atoms with van der Waals surface area (Å²) in [5, 5.41) is 10.1. The van der Waals surface area contributed by atoms with E-state index in [2.05, 4.69) is 4.74 Å². The summed E-state index contributed by atoms with van der Waals surface area (Å²) in [4.78, 5) is 10.1. The molecule has 0 atom stereocenters. The summed E-state index contributed by atoms with van der Waals surface area (Å²) in [6, 6.07) is 6.42. The van der Waals surface area contributed by atoms with Crippen molar-refractivity contribution in [2.24, 2.45) is 0 Å². The summed E-state index contributed by atoms with van der Waals surface area (Å²) in [5.41, 5.74) is 0. The summed E-state index contributed by atoms with van der Waals surface area (Å²) in [7, 11) is 0. The number of carbonyl (C=O) groups excluding carboxylic acids is 1. The van der Waals surface area contributed by atoms with Gasteiger partial charge in [-0.15, -0.1) is 0 Å². The number of ether oxygens (including phenoxy) is 2. The van der Waals surface area contributed by atoms with E-state index in [4.69, 9.17) is 4.74 Å². The van der Waals surface area contributed by atoms with Gasteiger partial charge in [0.05, 0.1) is 6.61 Å². The molecule has 0 heterocycles. The van der Waals surface area contributed by atoms with Crippen LogP contribution in [0, 0.1) is 0 Å². The first-order valence-corrected chi connectivity index (χ1v) is 4.34. The Hall–Kier alpha value is -1.71. The van der Waals surface area contributed by atoms with Crippen molar-refractivity contribution in [3.8, 4) is 11.5 Å². The van der Waals surface area contributed by atoms with Gasteiger partial charge >= 0.3 is 6.16 Å². The van der Waals surface area contributed by atoms with Crippen LogP contribution < -0.4 is 9.47 Å². The SMILES string of the molecule is CCCOc1cccc(OC([O])=O)c1. The Morgan fingerprint density at radius 3 is 2.71 bits per heavy atom. The number of rotatable bonds is 4. The molecule has 0 aliphatic rings. The third-order valence-electron chi connectivity index (χ3n) is 1.48. The van der Waals surface area contributed by atoms with Gasteiger partial charge in [0.15, 0.2) is 0 Å². The first-order valence-electron chi connectivity index (χ1n) is 4.34. The minimum Gasteiger partial charge on any atom is -0.493 e. The van der Waals surface area contributed by atoms with Crippen molar-refractivity contribution in [2.75, 3.05) is 6.61 Å². The van der Waals surface area contributed by atoms with Crippen molar-refractivity contribution >= 4 is 6.16 Å². The van der Waals surface area contributed by atoms with Crippen LogP contribution in [0.4, 0.5) is 4.79 Å². The fourth-order valence-electron chi connectivity index (χ4n) is 0.944. The zero-order chi connectivity index (χ0) is 10.4. The lowest BCUT2D eigenvalue weighted by molar-refractivity contribution is 0.117. The largest absolute Gasteiger partial charge is 0.555 e. The summed E-state index contributed by atoms with van der Waals surface area (Å²) >= 11 is 0. The van der Waals surface area contributed by atoms with E-state index in [1.54, 1.807) is 12.1 Å². The molecule has 0 unspecified atom stereocenters. The molecule has 0 saturated carbocycles. The molecule has 1 aromatic rings. The highest BCUT2D eigenvalue weighted by molar-refractivity contribution is 5.60. The molecule has 4 heteroatoms. The van der Waals surface area contributed by atoms with E-state index < -0.39 is 6.16 Å². The number of hydrogen-bond donors (Lipinski definition) is 0. The van der Waals surface area contributed by atoms with Crippen LogP contribution in [0.1, 0.15) is 13.3 Å². The fourth-order valence-corrected chi connectivity index (χ4v) is 0.944. The van der Waals surface area contributed by atoms with Gasteiger partial charge in [-0.2, -0.15) is 9.90 Å². The maximum absolute atomic E-state index is 10.1. The quantitative estimate of drug-likeness (QED) is 0.547. The normalized spacial score (nSPS) is 9.50. The van der Waals surface area contributed by atoms with E-state index in [1.165, 1.54) is 12.1 Å². The van der Waals surface area contributed by atoms with E-state index >= 15 is 0 Å². The zero-order valence-electron chi connectivity index (χ0n) is 7.86. The van der Waals surface area contributed by atoms with Gasteiger partial charge in [-0.3, -0.25) is 0 Å². The molecule has 0 bridgehead atoms. The second kappa shape index (κ2) is 5.11. The Balaban J connectivity index is 2.63. The molecule has 0 aliphatic carbocycles. The Kier molecular flexibility index (Phi) is 3.79. The molecule has 0 N–H and O–H groups in total. The Bertz CT molecular complexity index is 309. The van der Waals surface area contributed by atoms with Crippen LogP contribution in [0.5, 0.6) is 11.5 Å². The van der Waals surface area contributed by atoms with Crippen LogP contribution in [0.15, 0.2) is 24.3 Å². The maximum atomic E-state index is 10.1. The Morgan fingerprint density at radius 1 is 1.36 bits per heavy atom. The molecule has 1 aromatic carbocycles. The minimum absolute atomic E-state index is 0.207. The molecule has 14 heavy (non-hydrogen) atoms. The van der Waals surface area contributed by atoms with Crippen LogP contribution in [-0.2, 0) is 5.11 Å². The van der Waals surface area contributed by atoms with Crippen LogP contribution in [0.3, 0.4) is 0 Å². The molecule has 4 nitrogen and oxygen atoms in total. The van der Waals surface area contributed by atoms with Crippen molar-refractivity contribution in [3.05, 3.63) is 24.3 Å². The molecular formula is C10H11O4. The molecule has 0 saturated heterocycles. The molecule has 1 rings (SSSR count). The minimum atomic E-state index is -1.57. The van der Waals surface area contributed by atoms with Crippen LogP contribution >= 0.6 is 0 Å². The van der Waals surface area contributed by atoms with Gasteiger partial charge in [0, 0.05) is 6.07 Å². The monoisotopic (exact) mass is 195 g/mol. The average molecular weight is 195 g/mol. The van der Waals surface area contributed by atoms with Crippen molar-refractivity contribution in [2.45, 2.75) is 13.3 Å². The van der Waals surface area contributed by atoms with Crippen molar-refractivity contribution in [1.29, 1.82) is 0 Å². The third-order valence-corrected chi connectivity index (χ3v) is 1.48. The smallest absolute Gasteiger partial charge is 0.493 e. The molecular weight excluding hydrogens is 184 g/mol. The second-order valence-corrected chi connectivity index (χ2v) is 2.68. The molecule has 75 valence electrons. The molecule has 1 radical (unpaired) electrons. The summed E-state index contributed by atoms with van der Waals surface area (Å²) in [6.45, 7) is 2.58. The number of benzene rings is 1. The summed E-state index contributed by atoms with van der Waals surface area (Å²) < 4.78 is 9.64. The lowest BCUT2D eigenvalue weighted by Gasteiger charge is -2.05. The Morgan fingerprint density at radius 2 is 2.07 bits per heavy atom. The molecule has 0 aromatic heterocycles. The van der Waals surface area contributed by atoms with Crippen molar-refractivity contribution in [1.82, 2.24) is 0 Å². The lowest BCUT2D eigenvalue weighted by Crippen LogP contribution is -2.01. The van der Waals surface area contributed by atoms with Gasteiger partial charge < -0.3 is 9.47 Å². The van der Waals surface area contributed by atoms with Crippen LogP contribution in [0.2, 0.25) is 0 Å². The van der Waals surface area contributed by atoms with Gasteiger partial charge in [-0.1, -0.05) is 13.0 Å². The Labute approximate surface area is 82.1 Å². The molecule has 0 aliphatic heterocycles. The van der Waals surface area contributed by atoms with Gasteiger partial charge in [0.1, 0.15) is 11.5 Å². The highest BCUT2D eigenvalue weighted by atomic mass is 16.7. The highest BCUT2D eigenvalue weighted by Crippen LogP contribution is 2.19. The van der Waals surface area contributed by atoms with Gasteiger partial charge in [0.2, 0.25) is 0 Å². The predicted molar refractivity (Wildman–Crippen MR) is 48.9 cm³/mol. The maximum Gasteiger partial charge on any atom is 0.555 e. The first kappa shape index (κ1) is 10.4. The highest BCUT2D eigenvalue weighted by Gasteiger charge is 2.03. The van der Waals surface area contributed by atoms with E-state index in [-0.39, 0.29) is 5.75 Å². The molecule has 0 amide bonds. The van der Waals surface area contributed by atoms with Crippen LogP contribution in [-0.4, -0.2) is 12.8 Å². The van der Waals surface area contributed by atoms with E-state index in [0.717, 1.165) is 6.42 Å². The van der Waals surface area contributed by atoms with Crippen molar-refractivity contribution < 1.29 is 19.4 Å². The van der Waals surface area contributed by atoms with E-state index in [9.17, 15) is 9.90 Å². The predicted octanol–water partition coefficient (Wildman–Crippen LogP) is 2.40. The van der Waals surface area contributed by atoms with Gasteiger partial charge in [0.25, 0.3) is 0 Å². The molecule has 0 fully saturated rings. The van der Waals surface area contributed by atoms with E-state index in [1.807, 2.05) is 6.92 Å². The van der Waals surface area contributed by atoms with E-state index in [0.29, 0.717) is 12.4 Å². The van der Waals surface area contributed by atoms with Crippen molar-refractivity contribution in [3.63, 3.8) is 0 Å². The molecule has 0 spiro atoms. The fraction of sp³-hybridized carbons (Fsp3) is 0.300. The standard InChI is InChI=1S/C10H11O4/c1-2-6-13-8-4-3-5-9(7-8)14-10(11)12/h3-5,7H,2,6H2,1H3. The zero-order valence-corrected chi connectivity index (χ0v) is 7.86. The average Bonchev–Trinajstić information content (AvgIpc) is 2.14. The summed E-state index contributed by atoms with van der Waals surface area (Å²) in [6.07, 6.45) is -0.677. The first-order chi connectivity index (χ1) is 6.72. The lowest BCUT2D eigenvalue weighted by atomic mass is 10.3. The topological polar surface area (TPSA) is 55.4 Å². The van der Waals surface area contributed by atoms with Gasteiger partial charge in [-0.05, 0) is 18.6 Å².